The second kappa shape index (κ2) is 13.7. The Balaban J connectivity index is 0. The first-order valence-corrected chi connectivity index (χ1v) is 12.2. The second-order valence-corrected chi connectivity index (χ2v) is 12.6. The molecule has 0 saturated carbocycles. The quantitative estimate of drug-likeness (QED) is 0.524. The van der Waals surface area contributed by atoms with Crippen LogP contribution in [0.25, 0.3) is 0 Å². The molecule has 0 aliphatic rings. The maximum absolute atomic E-state index is 2.33. The smallest absolute Gasteiger partial charge is 0.269 e. The van der Waals surface area contributed by atoms with Crippen molar-refractivity contribution in [1.82, 2.24) is 0 Å². The van der Waals surface area contributed by atoms with Gasteiger partial charge in [0.15, 0.2) is 0 Å². The van der Waals surface area contributed by atoms with Gasteiger partial charge >= 0.3 is 92.4 Å². The molecule has 0 aliphatic heterocycles. The number of rotatable bonds is 9. The fourth-order valence-corrected chi connectivity index (χ4v) is 11.1. The molecule has 0 saturated heterocycles. The van der Waals surface area contributed by atoms with Crippen molar-refractivity contribution < 1.29 is 4.70 Å². The molecule has 87 valence electrons. The van der Waals surface area contributed by atoms with E-state index in [1.807, 2.05) is 0 Å². The molecule has 0 N–H and O–H groups in total. The molecule has 0 atom stereocenters. The predicted molar refractivity (Wildman–Crippen MR) is 67.4 cm³/mol. The Labute approximate surface area is 97.0 Å². The van der Waals surface area contributed by atoms with Crippen LogP contribution in [0.1, 0.15) is 59.3 Å². The van der Waals surface area contributed by atoms with Crippen molar-refractivity contribution in [2.75, 3.05) is 0 Å². The van der Waals surface area contributed by atoms with Gasteiger partial charge in [0, 0.05) is 0 Å². The molecule has 0 fully saturated rings. The summed E-state index contributed by atoms with van der Waals surface area (Å²) >= 11 is -0.839. The van der Waals surface area contributed by atoms with Crippen molar-refractivity contribution in [2.24, 2.45) is 0 Å². The molecule has 0 aromatic carbocycles. The average Bonchev–Trinajstić information content (AvgIpc) is 2.17. The van der Waals surface area contributed by atoms with Crippen LogP contribution >= 0.6 is 0 Å². The Morgan fingerprint density at radius 2 is 0.929 bits per heavy atom. The Morgan fingerprint density at radius 1 is 0.643 bits per heavy atom. The molecular weight excluding hydrogens is 282 g/mol. The summed E-state index contributed by atoms with van der Waals surface area (Å²) in [5.41, 5.74) is 0. The standard InChI is InChI=1S/3C4H9.FH.Sn/c3*1-3-4-2;;/h3*1,3-4H2,2H3;1H;. The molecule has 0 aromatic rings. The fraction of sp³-hybridized carbons (Fsp3) is 1.00. The summed E-state index contributed by atoms with van der Waals surface area (Å²) in [4.78, 5) is 0. The Morgan fingerprint density at radius 3 is 1.14 bits per heavy atom. The normalized spacial score (nSPS) is 10.3. The molecule has 0 aliphatic carbocycles. The minimum absolute atomic E-state index is 0. The van der Waals surface area contributed by atoms with E-state index in [0.717, 1.165) is 0 Å². The summed E-state index contributed by atoms with van der Waals surface area (Å²) in [6, 6.07) is 0. The molecule has 14 heavy (non-hydrogen) atoms. The minimum Gasteiger partial charge on any atom is -0.269 e. The van der Waals surface area contributed by atoms with E-state index >= 15 is 0 Å². The van der Waals surface area contributed by atoms with Crippen LogP contribution in [0.2, 0.25) is 13.3 Å². The van der Waals surface area contributed by atoms with Gasteiger partial charge in [-0.15, -0.1) is 0 Å². The van der Waals surface area contributed by atoms with E-state index in [1.165, 1.54) is 38.5 Å². The van der Waals surface area contributed by atoms with Crippen LogP contribution in [0, 0.1) is 0 Å². The molecule has 0 heterocycles. The van der Waals surface area contributed by atoms with Gasteiger partial charge in [-0.1, -0.05) is 0 Å². The summed E-state index contributed by atoms with van der Waals surface area (Å²) in [5.74, 6) is 0. The molecule has 0 spiro atoms. The van der Waals surface area contributed by atoms with E-state index in [2.05, 4.69) is 20.8 Å². The van der Waals surface area contributed by atoms with Gasteiger partial charge in [0.1, 0.15) is 0 Å². The molecule has 0 nitrogen and oxygen atoms in total. The monoisotopic (exact) mass is 311 g/mol. The third kappa shape index (κ3) is 10.8. The van der Waals surface area contributed by atoms with Crippen LogP contribution < -0.4 is 0 Å². The molecule has 0 bridgehead atoms. The number of hydrogen-bond acceptors (Lipinski definition) is 0. The number of unbranched alkanes of at least 4 members (excludes halogenated alkanes) is 3. The average molecular weight is 310 g/mol. The first-order valence-electron chi connectivity index (χ1n) is 6.18. The molecule has 0 amide bonds. The van der Waals surface area contributed by atoms with Crippen molar-refractivity contribution in [3.8, 4) is 0 Å². The van der Waals surface area contributed by atoms with Gasteiger partial charge in [0.05, 0.1) is 0 Å². The van der Waals surface area contributed by atoms with E-state index in [4.69, 9.17) is 0 Å². The molecule has 0 unspecified atom stereocenters. The van der Waals surface area contributed by atoms with Crippen LogP contribution in [0.4, 0.5) is 4.70 Å². The van der Waals surface area contributed by atoms with Crippen molar-refractivity contribution in [2.45, 2.75) is 72.6 Å². The van der Waals surface area contributed by atoms with Crippen LogP contribution in [0.5, 0.6) is 0 Å². The SMILES string of the molecule is CCC[CH2][Sn]([CH2]CCC)[CH2]CCC.F. The molecule has 0 rings (SSSR count). The fourth-order valence-electron chi connectivity index (χ4n) is 1.66. The molecule has 2 heteroatoms. The van der Waals surface area contributed by atoms with E-state index in [1.54, 1.807) is 13.3 Å². The van der Waals surface area contributed by atoms with Gasteiger partial charge in [0.25, 0.3) is 0 Å². The zero-order valence-electron chi connectivity index (χ0n) is 10.3. The van der Waals surface area contributed by atoms with Gasteiger partial charge in [-0.3, -0.25) is 4.70 Å². The van der Waals surface area contributed by atoms with Gasteiger partial charge in [0.2, 0.25) is 0 Å². The predicted octanol–water partition coefficient (Wildman–Crippen LogP) is 5.03. The Bertz CT molecular complexity index is 77.3. The van der Waals surface area contributed by atoms with E-state index in [0.29, 0.717) is 0 Å². The zero-order chi connectivity index (χ0) is 9.94. The van der Waals surface area contributed by atoms with Crippen molar-refractivity contribution in [3.05, 3.63) is 0 Å². The summed E-state index contributed by atoms with van der Waals surface area (Å²) < 4.78 is 5.04. The summed E-state index contributed by atoms with van der Waals surface area (Å²) in [6.07, 6.45) is 8.85. The summed E-state index contributed by atoms with van der Waals surface area (Å²) in [5, 5.41) is 0. The van der Waals surface area contributed by atoms with Gasteiger partial charge in [-0.25, -0.2) is 0 Å². The van der Waals surface area contributed by atoms with E-state index in [9.17, 15) is 0 Å². The second-order valence-electron chi connectivity index (χ2n) is 4.06. The number of hydrogen-bond donors (Lipinski definition) is 0. The molecule has 1 radical (unpaired) electrons. The maximum Gasteiger partial charge on any atom is -0.269 e. The van der Waals surface area contributed by atoms with Crippen LogP contribution in [-0.2, 0) is 0 Å². The first-order chi connectivity index (χ1) is 6.35. The summed E-state index contributed by atoms with van der Waals surface area (Å²) in [7, 11) is 0. The van der Waals surface area contributed by atoms with Crippen LogP contribution in [0.15, 0.2) is 0 Å². The van der Waals surface area contributed by atoms with Crippen molar-refractivity contribution >= 4 is 19.8 Å². The third-order valence-corrected chi connectivity index (χ3v) is 11.7. The molecular formula is C12H28FSn. The Kier molecular flexibility index (Phi) is 16.8. The maximum atomic E-state index is 2.33. The van der Waals surface area contributed by atoms with Gasteiger partial charge in [-0.2, -0.15) is 0 Å². The first kappa shape index (κ1) is 17.1. The van der Waals surface area contributed by atoms with Crippen molar-refractivity contribution in [3.63, 3.8) is 0 Å². The van der Waals surface area contributed by atoms with Gasteiger partial charge in [-0.05, 0) is 0 Å². The zero-order valence-corrected chi connectivity index (χ0v) is 13.1. The molecule has 0 aromatic heterocycles. The topological polar surface area (TPSA) is 0 Å². The van der Waals surface area contributed by atoms with E-state index in [-0.39, 0.29) is 4.70 Å². The summed E-state index contributed by atoms with van der Waals surface area (Å²) in [6.45, 7) is 7.00. The third-order valence-electron chi connectivity index (χ3n) is 2.65. The van der Waals surface area contributed by atoms with Gasteiger partial charge < -0.3 is 0 Å². The largest absolute Gasteiger partial charge is 0.269 e. The Hall–Kier alpha value is 0.729. The number of halogens is 1. The van der Waals surface area contributed by atoms with Crippen LogP contribution in [-0.4, -0.2) is 19.8 Å². The van der Waals surface area contributed by atoms with Crippen molar-refractivity contribution in [1.29, 1.82) is 0 Å². The minimum atomic E-state index is -0.839. The van der Waals surface area contributed by atoms with E-state index < -0.39 is 19.8 Å². The van der Waals surface area contributed by atoms with Crippen LogP contribution in [0.3, 0.4) is 0 Å².